The molecule has 0 aliphatic carbocycles. The highest BCUT2D eigenvalue weighted by molar-refractivity contribution is 6.39. The van der Waals surface area contributed by atoms with Crippen LogP contribution in [0.1, 0.15) is 17.2 Å². The first kappa shape index (κ1) is 21.4. The number of benzene rings is 2. The molecule has 2 amide bonds. The van der Waals surface area contributed by atoms with E-state index in [0.29, 0.717) is 12.1 Å². The SMILES string of the molecule is Cc1ccc(NC(=O)C(=O)NC[C@@H](c2ccc(N(C)C)cc2)[NH+](C)C)cc1F. The molecule has 150 valence electrons. The normalized spacial score (nSPS) is 11.8. The van der Waals surface area contributed by atoms with E-state index in [2.05, 4.69) is 10.6 Å². The van der Waals surface area contributed by atoms with Crippen molar-refractivity contribution in [2.75, 3.05) is 45.0 Å². The Morgan fingerprint density at radius 2 is 1.71 bits per heavy atom. The highest BCUT2D eigenvalue weighted by Gasteiger charge is 2.21. The summed E-state index contributed by atoms with van der Waals surface area (Å²) in [5.74, 6) is -2.01. The van der Waals surface area contributed by atoms with Crippen molar-refractivity contribution in [3.05, 3.63) is 59.4 Å². The fraction of sp³-hybridized carbons (Fsp3) is 0.333. The molecule has 0 unspecified atom stereocenters. The van der Waals surface area contributed by atoms with Gasteiger partial charge in [-0.2, -0.15) is 0 Å². The molecule has 2 aromatic rings. The van der Waals surface area contributed by atoms with Gasteiger partial charge in [-0.3, -0.25) is 9.59 Å². The van der Waals surface area contributed by atoms with Gasteiger partial charge in [0.15, 0.2) is 0 Å². The van der Waals surface area contributed by atoms with E-state index in [1.54, 1.807) is 19.1 Å². The lowest BCUT2D eigenvalue weighted by atomic mass is 10.1. The molecular formula is C21H28FN4O2+. The molecule has 0 spiro atoms. The number of carbonyl (C=O) groups is 2. The van der Waals surface area contributed by atoms with E-state index in [1.807, 2.05) is 57.4 Å². The Hall–Kier alpha value is -2.93. The van der Waals surface area contributed by atoms with Crippen LogP contribution in [0.5, 0.6) is 0 Å². The zero-order chi connectivity index (χ0) is 20.8. The van der Waals surface area contributed by atoms with Crippen LogP contribution in [0.25, 0.3) is 0 Å². The number of nitrogens with one attached hydrogen (secondary N) is 3. The van der Waals surface area contributed by atoms with Crippen molar-refractivity contribution in [3.8, 4) is 0 Å². The van der Waals surface area contributed by atoms with E-state index >= 15 is 0 Å². The van der Waals surface area contributed by atoms with Gasteiger partial charge in [0, 0.05) is 31.0 Å². The number of quaternary nitrogens is 1. The number of likely N-dealkylation sites (N-methyl/N-ethyl adjacent to an activating group) is 1. The van der Waals surface area contributed by atoms with E-state index in [-0.39, 0.29) is 11.7 Å². The molecule has 7 heteroatoms. The van der Waals surface area contributed by atoms with Gasteiger partial charge in [-0.05, 0) is 36.8 Å². The van der Waals surface area contributed by atoms with Crippen LogP contribution in [-0.4, -0.2) is 46.5 Å². The summed E-state index contributed by atoms with van der Waals surface area (Å²) in [6, 6.07) is 12.4. The summed E-state index contributed by atoms with van der Waals surface area (Å²) < 4.78 is 13.6. The molecule has 2 aromatic carbocycles. The van der Waals surface area contributed by atoms with Crippen molar-refractivity contribution in [1.29, 1.82) is 0 Å². The molecule has 2 rings (SSSR count). The monoisotopic (exact) mass is 387 g/mol. The number of carbonyl (C=O) groups excluding carboxylic acids is 2. The number of rotatable bonds is 6. The van der Waals surface area contributed by atoms with E-state index in [4.69, 9.17) is 0 Å². The molecular weight excluding hydrogens is 359 g/mol. The Balaban J connectivity index is 1.99. The lowest BCUT2D eigenvalue weighted by Gasteiger charge is -2.23. The van der Waals surface area contributed by atoms with Gasteiger partial charge in [0.25, 0.3) is 0 Å². The highest BCUT2D eigenvalue weighted by atomic mass is 19.1. The predicted molar refractivity (Wildman–Crippen MR) is 109 cm³/mol. The Kier molecular flexibility index (Phi) is 7.12. The molecule has 0 aliphatic heterocycles. The number of hydrogen-bond donors (Lipinski definition) is 3. The lowest BCUT2D eigenvalue weighted by molar-refractivity contribution is -0.890. The fourth-order valence-corrected chi connectivity index (χ4v) is 2.79. The van der Waals surface area contributed by atoms with Crippen LogP contribution in [0.4, 0.5) is 15.8 Å². The number of amides is 2. The Labute approximate surface area is 165 Å². The zero-order valence-electron chi connectivity index (χ0n) is 17.0. The maximum atomic E-state index is 13.6. The minimum atomic E-state index is -0.821. The number of hydrogen-bond acceptors (Lipinski definition) is 3. The van der Waals surface area contributed by atoms with Crippen LogP contribution in [0.3, 0.4) is 0 Å². The maximum absolute atomic E-state index is 13.6. The first-order valence-electron chi connectivity index (χ1n) is 9.11. The standard InChI is InChI=1S/C21H27FN4O2/c1-14-6-9-16(12-18(14)22)24-21(28)20(27)23-13-19(26(4)5)15-7-10-17(11-8-15)25(2)3/h6-12,19H,13H2,1-5H3,(H,23,27)(H,24,28)/p+1/t19-/m0/s1. The minimum Gasteiger partial charge on any atom is -0.378 e. The van der Waals surface area contributed by atoms with Crippen molar-refractivity contribution in [3.63, 3.8) is 0 Å². The van der Waals surface area contributed by atoms with E-state index in [9.17, 15) is 14.0 Å². The van der Waals surface area contributed by atoms with Crippen LogP contribution >= 0.6 is 0 Å². The highest BCUT2D eigenvalue weighted by Crippen LogP contribution is 2.16. The maximum Gasteiger partial charge on any atom is 0.313 e. The molecule has 0 aliphatic rings. The molecule has 0 fully saturated rings. The van der Waals surface area contributed by atoms with Crippen LogP contribution in [0.2, 0.25) is 0 Å². The molecule has 6 nitrogen and oxygen atoms in total. The van der Waals surface area contributed by atoms with Crippen molar-refractivity contribution < 1.29 is 18.9 Å². The van der Waals surface area contributed by atoms with Crippen molar-refractivity contribution >= 4 is 23.2 Å². The number of anilines is 2. The van der Waals surface area contributed by atoms with E-state index in [1.165, 1.54) is 6.07 Å². The predicted octanol–water partition coefficient (Wildman–Crippen LogP) is 1.14. The van der Waals surface area contributed by atoms with Crippen LogP contribution in [0.15, 0.2) is 42.5 Å². The first-order chi connectivity index (χ1) is 13.2. The van der Waals surface area contributed by atoms with E-state index < -0.39 is 17.6 Å². The zero-order valence-corrected chi connectivity index (χ0v) is 17.0. The van der Waals surface area contributed by atoms with Crippen molar-refractivity contribution in [2.45, 2.75) is 13.0 Å². The molecule has 0 bridgehead atoms. The Morgan fingerprint density at radius 1 is 1.07 bits per heavy atom. The van der Waals surface area contributed by atoms with Gasteiger partial charge >= 0.3 is 11.8 Å². The third-order valence-electron chi connectivity index (χ3n) is 4.61. The van der Waals surface area contributed by atoms with Gasteiger partial charge in [-0.25, -0.2) is 4.39 Å². The second-order valence-corrected chi connectivity index (χ2v) is 7.24. The van der Waals surface area contributed by atoms with Crippen molar-refractivity contribution in [1.82, 2.24) is 5.32 Å². The second-order valence-electron chi connectivity index (χ2n) is 7.24. The van der Waals surface area contributed by atoms with Gasteiger partial charge < -0.3 is 20.4 Å². The third-order valence-corrected chi connectivity index (χ3v) is 4.61. The van der Waals surface area contributed by atoms with Crippen LogP contribution in [0, 0.1) is 12.7 Å². The average molecular weight is 387 g/mol. The Morgan fingerprint density at radius 3 is 2.25 bits per heavy atom. The summed E-state index contributed by atoms with van der Waals surface area (Å²) in [7, 11) is 7.93. The fourth-order valence-electron chi connectivity index (χ4n) is 2.79. The summed E-state index contributed by atoms with van der Waals surface area (Å²) >= 11 is 0. The van der Waals surface area contributed by atoms with Gasteiger partial charge in [-0.1, -0.05) is 18.2 Å². The van der Waals surface area contributed by atoms with Crippen LogP contribution in [-0.2, 0) is 9.59 Å². The van der Waals surface area contributed by atoms with Gasteiger partial charge in [-0.15, -0.1) is 0 Å². The average Bonchev–Trinajstić information content (AvgIpc) is 2.64. The molecule has 3 N–H and O–H groups in total. The molecule has 0 heterocycles. The lowest BCUT2D eigenvalue weighted by Crippen LogP contribution is -3.07. The van der Waals surface area contributed by atoms with Gasteiger partial charge in [0.2, 0.25) is 0 Å². The van der Waals surface area contributed by atoms with E-state index in [0.717, 1.165) is 16.2 Å². The third kappa shape index (κ3) is 5.53. The van der Waals surface area contributed by atoms with Gasteiger partial charge in [0.1, 0.15) is 11.9 Å². The minimum absolute atomic E-state index is 0.00946. The number of nitrogens with zero attached hydrogens (tertiary/aromatic N) is 1. The van der Waals surface area contributed by atoms with Crippen molar-refractivity contribution in [2.24, 2.45) is 0 Å². The summed E-state index contributed by atoms with van der Waals surface area (Å²) in [6.45, 7) is 1.93. The molecule has 0 saturated carbocycles. The number of halogens is 1. The Bertz CT molecular complexity index is 835. The first-order valence-corrected chi connectivity index (χ1v) is 9.11. The summed E-state index contributed by atoms with van der Waals surface area (Å²) in [4.78, 5) is 27.4. The smallest absolute Gasteiger partial charge is 0.313 e. The summed E-state index contributed by atoms with van der Waals surface area (Å²) in [6.07, 6.45) is 0. The number of aryl methyl sites for hydroxylation is 1. The molecule has 28 heavy (non-hydrogen) atoms. The quantitative estimate of drug-likeness (QED) is 0.652. The molecule has 1 atom stereocenters. The van der Waals surface area contributed by atoms with Gasteiger partial charge in [0.05, 0.1) is 20.6 Å². The second kappa shape index (κ2) is 9.32. The van der Waals surface area contributed by atoms with Crippen LogP contribution < -0.4 is 20.4 Å². The molecule has 0 saturated heterocycles. The largest absolute Gasteiger partial charge is 0.378 e. The summed E-state index contributed by atoms with van der Waals surface area (Å²) in [5, 5.41) is 5.09. The summed E-state index contributed by atoms with van der Waals surface area (Å²) in [5.41, 5.74) is 2.87. The molecule has 0 radical (unpaired) electrons. The molecule has 0 aromatic heterocycles. The topological polar surface area (TPSA) is 65.9 Å².